The van der Waals surface area contributed by atoms with Crippen LogP contribution in [0.15, 0.2) is 27.3 Å². The van der Waals surface area contributed by atoms with E-state index in [0.717, 1.165) is 82.0 Å². The van der Waals surface area contributed by atoms with Crippen molar-refractivity contribution in [2.75, 3.05) is 19.6 Å². The van der Waals surface area contributed by atoms with Gasteiger partial charge in [-0.3, -0.25) is 29.7 Å². The molecule has 6 N–H and O–H groups in total. The van der Waals surface area contributed by atoms with Gasteiger partial charge < -0.3 is 26.3 Å². The van der Waals surface area contributed by atoms with Crippen LogP contribution < -0.4 is 21.7 Å². The lowest BCUT2D eigenvalue weighted by molar-refractivity contribution is -0.123. The molecule has 2 saturated carbocycles. The maximum absolute atomic E-state index is 13.9. The molecule has 2 aliphatic carbocycles. The summed E-state index contributed by atoms with van der Waals surface area (Å²) in [5, 5.41) is 22.8. The topological polar surface area (TPSA) is 186 Å². The van der Waals surface area contributed by atoms with Crippen molar-refractivity contribution in [1.82, 2.24) is 35.5 Å². The van der Waals surface area contributed by atoms with Gasteiger partial charge in [-0.25, -0.2) is 9.98 Å². The van der Waals surface area contributed by atoms with Crippen LogP contribution in [0.3, 0.4) is 0 Å². The maximum atomic E-state index is 13.9. The van der Waals surface area contributed by atoms with Gasteiger partial charge in [0.05, 0.1) is 29.9 Å². The number of primary amides is 1. The fourth-order valence-corrected chi connectivity index (χ4v) is 8.56. The molecule has 0 saturated heterocycles. The number of amides is 3. The molecule has 5 aliphatic rings. The van der Waals surface area contributed by atoms with E-state index in [4.69, 9.17) is 21.1 Å². The van der Waals surface area contributed by atoms with Crippen molar-refractivity contribution in [1.29, 1.82) is 5.41 Å². The van der Waals surface area contributed by atoms with Gasteiger partial charge in [0.1, 0.15) is 11.4 Å². The number of hydrogen-bond acceptors (Lipinski definition) is 10. The molecule has 2 fully saturated rings. The minimum atomic E-state index is -0.282. The minimum Gasteiger partial charge on any atom is -0.381 e. The Kier molecular flexibility index (Phi) is 11.2. The predicted molar refractivity (Wildman–Crippen MR) is 193 cm³/mol. The largest absolute Gasteiger partial charge is 0.381 e. The lowest BCUT2D eigenvalue weighted by atomic mass is 9.82. The Morgan fingerprint density at radius 2 is 1.56 bits per heavy atom. The van der Waals surface area contributed by atoms with Crippen molar-refractivity contribution < 1.29 is 14.4 Å². The average Bonchev–Trinajstić information content (AvgIpc) is 3.75. The molecule has 6 rings (SSSR count). The molecule has 1 aromatic heterocycles. The highest BCUT2D eigenvalue weighted by atomic mass is 16.2. The van der Waals surface area contributed by atoms with Crippen molar-refractivity contribution in [2.24, 2.45) is 21.6 Å². The zero-order chi connectivity index (χ0) is 35.4. The Balaban J connectivity index is 1.28. The van der Waals surface area contributed by atoms with Gasteiger partial charge in [-0.05, 0) is 91.0 Å². The molecule has 5 unspecified atom stereocenters. The summed E-state index contributed by atoms with van der Waals surface area (Å²) in [6.45, 7) is 8.19. The van der Waals surface area contributed by atoms with E-state index < -0.39 is 0 Å². The summed E-state index contributed by atoms with van der Waals surface area (Å²) in [4.78, 5) is 54.4. The van der Waals surface area contributed by atoms with Gasteiger partial charge in [-0.1, -0.05) is 19.3 Å². The molecule has 3 aliphatic heterocycles. The molecule has 14 nitrogen and oxygen atoms in total. The number of aromatic nitrogens is 2. The van der Waals surface area contributed by atoms with Gasteiger partial charge >= 0.3 is 0 Å². The van der Waals surface area contributed by atoms with Gasteiger partial charge in [-0.2, -0.15) is 5.10 Å². The highest BCUT2D eigenvalue weighted by Gasteiger charge is 2.43. The Morgan fingerprint density at radius 3 is 2.26 bits per heavy atom. The summed E-state index contributed by atoms with van der Waals surface area (Å²) >= 11 is 0. The van der Waals surface area contributed by atoms with E-state index in [9.17, 15) is 14.4 Å². The highest BCUT2D eigenvalue weighted by Crippen LogP contribution is 2.35. The number of aryl methyl sites for hydroxylation is 2. The van der Waals surface area contributed by atoms with E-state index >= 15 is 0 Å². The Labute approximate surface area is 295 Å². The van der Waals surface area contributed by atoms with Crippen LogP contribution in [-0.4, -0.2) is 98.7 Å². The van der Waals surface area contributed by atoms with E-state index in [0.29, 0.717) is 67.9 Å². The predicted octanol–water partition coefficient (Wildman–Crippen LogP) is 2.97. The third kappa shape index (κ3) is 7.73. The molecule has 1 aromatic rings. The standard InChI is InChI=1S/C36H55N11O3/c1-4-39-31-25(23(3)37)12-6-5-9-19-47-30(20-22(2)44-47)33(49)42-36-41-27-21-24(32(38)48)15-16-29(27)46(36)18-11-10-17-45-28-14-8-7-13-26(28)40-35(45)43-34(31)50/h20,24,26-29,37,39H,4-19,21H2,1-3H3,(H2,38,48)(H,40,43,50)(H,41,42,49)/b31-25-,37-23?. The Bertz CT molecular complexity index is 1560. The quantitative estimate of drug-likeness (QED) is 0.301. The summed E-state index contributed by atoms with van der Waals surface area (Å²) in [5.74, 6) is 0.234. The van der Waals surface area contributed by atoms with Crippen molar-refractivity contribution >= 4 is 35.4 Å². The molecule has 50 heavy (non-hydrogen) atoms. The monoisotopic (exact) mass is 689 g/mol. The zero-order valence-corrected chi connectivity index (χ0v) is 30.0. The first-order valence-electron chi connectivity index (χ1n) is 18.8. The van der Waals surface area contributed by atoms with Crippen molar-refractivity contribution in [3.63, 3.8) is 0 Å². The number of nitrogens with zero attached hydrogens (tertiary/aromatic N) is 6. The normalized spacial score (nSPS) is 29.9. The number of rotatable bonds is 4. The summed E-state index contributed by atoms with van der Waals surface area (Å²) in [6, 6.07) is 2.25. The summed E-state index contributed by atoms with van der Waals surface area (Å²) < 4.78 is 1.77. The van der Waals surface area contributed by atoms with Crippen LogP contribution in [0, 0.1) is 18.3 Å². The van der Waals surface area contributed by atoms with Crippen LogP contribution in [0.2, 0.25) is 0 Å². The van der Waals surface area contributed by atoms with E-state index in [2.05, 4.69) is 30.8 Å². The molecule has 0 spiro atoms. The molecular formula is C36H55N11O3. The molecule has 4 heterocycles. The smallest absolute Gasteiger partial charge is 0.276 e. The summed E-state index contributed by atoms with van der Waals surface area (Å²) in [7, 11) is 0. The number of fused-ring (bicyclic) bond motifs is 7. The summed E-state index contributed by atoms with van der Waals surface area (Å²) in [5.41, 5.74) is 8.52. The Morgan fingerprint density at radius 1 is 0.900 bits per heavy atom. The molecule has 5 atom stereocenters. The van der Waals surface area contributed by atoms with Crippen LogP contribution in [0.4, 0.5) is 0 Å². The number of likely N-dealkylation sites (N-methyl/N-ethyl adjacent to an activating group) is 1. The second kappa shape index (κ2) is 15.8. The molecule has 3 amide bonds. The number of carbonyl (C=O) groups excluding carboxylic acids is 3. The number of guanidine groups is 2. The number of hydrogen-bond donors (Lipinski definition) is 5. The lowest BCUT2D eigenvalue weighted by Crippen LogP contribution is -2.50. The molecule has 272 valence electrons. The first-order chi connectivity index (χ1) is 24.1. The van der Waals surface area contributed by atoms with Crippen molar-refractivity contribution in [3.8, 4) is 0 Å². The SMILES string of the molecule is CCN/C1=C(\C(C)=N)CCCCCn2nc(C)cc2C(=O)NC2=NC3CC(C(N)=O)CCC3N2CCCCN2C(=NC3CCCCC32)NC1=O. The molecular weight excluding hydrogens is 634 g/mol. The molecule has 14 heteroatoms. The average molecular weight is 690 g/mol. The van der Waals surface area contributed by atoms with Gasteiger partial charge in [0, 0.05) is 43.4 Å². The van der Waals surface area contributed by atoms with Crippen LogP contribution in [0.1, 0.15) is 114 Å². The first kappa shape index (κ1) is 35.6. The Hall–Kier alpha value is -4.23. The van der Waals surface area contributed by atoms with Crippen LogP contribution in [0.5, 0.6) is 0 Å². The van der Waals surface area contributed by atoms with E-state index in [1.165, 1.54) is 0 Å². The van der Waals surface area contributed by atoms with Gasteiger partial charge in [0.2, 0.25) is 17.8 Å². The van der Waals surface area contributed by atoms with E-state index in [-0.39, 0.29) is 47.8 Å². The number of nitrogens with one attached hydrogen (secondary N) is 4. The van der Waals surface area contributed by atoms with Crippen LogP contribution in [0.25, 0.3) is 0 Å². The fraction of sp³-hybridized carbons (Fsp3) is 0.694. The third-order valence-corrected chi connectivity index (χ3v) is 11.1. The van der Waals surface area contributed by atoms with Crippen molar-refractivity contribution in [3.05, 3.63) is 28.7 Å². The van der Waals surface area contributed by atoms with Crippen LogP contribution >= 0.6 is 0 Å². The highest BCUT2D eigenvalue weighted by molar-refractivity contribution is 6.11. The minimum absolute atomic E-state index is 0.0993. The molecule has 0 bridgehead atoms. The molecule has 0 radical (unpaired) electrons. The summed E-state index contributed by atoms with van der Waals surface area (Å²) in [6.07, 6.45) is 11.2. The van der Waals surface area contributed by atoms with Gasteiger partial charge in [0.25, 0.3) is 11.8 Å². The lowest BCUT2D eigenvalue weighted by Gasteiger charge is -2.36. The third-order valence-electron chi connectivity index (χ3n) is 11.1. The maximum Gasteiger partial charge on any atom is 0.276 e. The number of nitrogens with two attached hydrogens (primary N) is 1. The number of aliphatic imine (C=N–C) groups is 2. The number of carbonyl (C=O) groups is 3. The van der Waals surface area contributed by atoms with Crippen molar-refractivity contribution in [2.45, 2.75) is 135 Å². The first-order valence-corrected chi connectivity index (χ1v) is 18.8. The van der Waals surface area contributed by atoms with Gasteiger partial charge in [-0.15, -0.1) is 0 Å². The van der Waals surface area contributed by atoms with E-state index in [1.807, 2.05) is 19.9 Å². The molecule has 0 aromatic carbocycles. The van der Waals surface area contributed by atoms with Crippen LogP contribution in [-0.2, 0) is 16.1 Å². The zero-order valence-electron chi connectivity index (χ0n) is 30.0. The van der Waals surface area contributed by atoms with E-state index in [1.54, 1.807) is 11.6 Å². The second-order valence-corrected chi connectivity index (χ2v) is 14.6. The number of allylic oxidation sites excluding steroid dienone is 1. The fourth-order valence-electron chi connectivity index (χ4n) is 8.56. The second-order valence-electron chi connectivity index (χ2n) is 14.6. The van der Waals surface area contributed by atoms with Gasteiger partial charge in [0.15, 0.2) is 0 Å².